The molecular formula is C18H13F6N3OS. The number of alkyl halides is 6. The number of nitrogens with one attached hydrogen (secondary N) is 2. The molecule has 3 rings (SSSR count). The Labute approximate surface area is 164 Å². The zero-order valence-electron chi connectivity index (χ0n) is 14.7. The van der Waals surface area contributed by atoms with Gasteiger partial charge in [-0.25, -0.2) is 4.98 Å². The van der Waals surface area contributed by atoms with Crippen molar-refractivity contribution >= 4 is 38.8 Å². The molecule has 1 aromatic carbocycles. The maximum atomic E-state index is 12.8. The highest BCUT2D eigenvalue weighted by Crippen LogP contribution is 2.35. The molecule has 29 heavy (non-hydrogen) atoms. The number of hydrogen-bond donors (Lipinski definition) is 2. The summed E-state index contributed by atoms with van der Waals surface area (Å²) >= 11 is 0.781. The molecule has 0 spiro atoms. The first-order valence-electron chi connectivity index (χ1n) is 8.14. The van der Waals surface area contributed by atoms with Crippen LogP contribution in [0.15, 0.2) is 36.4 Å². The van der Waals surface area contributed by atoms with Gasteiger partial charge in [-0.2, -0.15) is 26.3 Å². The molecule has 0 fully saturated rings. The van der Waals surface area contributed by atoms with Gasteiger partial charge >= 0.3 is 12.4 Å². The van der Waals surface area contributed by atoms with E-state index in [1.165, 1.54) is 30.3 Å². The number of carbonyl (C=O) groups excluding carboxylic acids is 1. The van der Waals surface area contributed by atoms with Gasteiger partial charge in [0, 0.05) is 5.39 Å². The van der Waals surface area contributed by atoms with E-state index in [4.69, 9.17) is 0 Å². The monoisotopic (exact) mass is 433 g/mol. The van der Waals surface area contributed by atoms with Crippen LogP contribution in [0.1, 0.15) is 20.9 Å². The molecule has 0 bridgehead atoms. The number of benzene rings is 1. The van der Waals surface area contributed by atoms with Crippen molar-refractivity contribution < 1.29 is 31.1 Å². The highest BCUT2D eigenvalue weighted by Gasteiger charge is 2.33. The second-order valence-corrected chi connectivity index (χ2v) is 7.07. The van der Waals surface area contributed by atoms with E-state index in [2.05, 4.69) is 15.6 Å². The standard InChI is InChI=1S/C18H13F6N3OS/c1-9-10-6-7-13(18(22,23)24)27-16(10)29-14(9)15(28)26-12-5-3-2-4-11(12)25-8-17(19,20)21/h2-7,25H,8H2,1H3,(H,26,28). The summed E-state index contributed by atoms with van der Waals surface area (Å²) in [5.41, 5.74) is -0.457. The van der Waals surface area contributed by atoms with Crippen LogP contribution < -0.4 is 10.6 Å². The smallest absolute Gasteiger partial charge is 0.375 e. The van der Waals surface area contributed by atoms with Gasteiger partial charge in [-0.1, -0.05) is 12.1 Å². The minimum absolute atomic E-state index is 0.0472. The van der Waals surface area contributed by atoms with E-state index < -0.39 is 30.5 Å². The first-order chi connectivity index (χ1) is 13.5. The molecule has 1 amide bonds. The number of rotatable bonds is 4. The van der Waals surface area contributed by atoms with Gasteiger partial charge in [0.2, 0.25) is 0 Å². The van der Waals surface area contributed by atoms with E-state index in [0.29, 0.717) is 10.9 Å². The molecule has 154 valence electrons. The van der Waals surface area contributed by atoms with Crippen molar-refractivity contribution in [1.82, 2.24) is 4.98 Å². The van der Waals surface area contributed by atoms with E-state index in [1.54, 1.807) is 6.92 Å². The Kier molecular flexibility index (Phi) is 5.44. The Morgan fingerprint density at radius 1 is 1.03 bits per heavy atom. The fraction of sp³-hybridized carbons (Fsp3) is 0.222. The molecule has 3 aromatic rings. The maximum absolute atomic E-state index is 12.8. The predicted octanol–water partition coefficient (Wildman–Crippen LogP) is 5.85. The molecule has 4 nitrogen and oxygen atoms in total. The molecule has 2 N–H and O–H groups in total. The molecule has 0 aliphatic rings. The Morgan fingerprint density at radius 3 is 2.31 bits per heavy atom. The van der Waals surface area contributed by atoms with Gasteiger partial charge in [0.25, 0.3) is 5.91 Å². The molecule has 0 saturated heterocycles. The number of para-hydroxylation sites is 2. The van der Waals surface area contributed by atoms with Gasteiger partial charge in [0.1, 0.15) is 17.1 Å². The van der Waals surface area contributed by atoms with E-state index in [-0.39, 0.29) is 21.1 Å². The third-order valence-corrected chi connectivity index (χ3v) is 5.16. The number of aromatic nitrogens is 1. The van der Waals surface area contributed by atoms with Crippen molar-refractivity contribution in [2.24, 2.45) is 0 Å². The van der Waals surface area contributed by atoms with E-state index in [0.717, 1.165) is 17.4 Å². The zero-order chi connectivity index (χ0) is 21.4. The summed E-state index contributed by atoms with van der Waals surface area (Å²) in [4.78, 5) is 16.4. The largest absolute Gasteiger partial charge is 0.433 e. The fourth-order valence-corrected chi connectivity index (χ4v) is 3.67. The van der Waals surface area contributed by atoms with Crippen LogP contribution in [-0.4, -0.2) is 23.6 Å². The number of amides is 1. The molecular weight excluding hydrogens is 420 g/mol. The van der Waals surface area contributed by atoms with Gasteiger partial charge in [0.05, 0.1) is 16.3 Å². The number of anilines is 2. The minimum atomic E-state index is -4.61. The second-order valence-electron chi connectivity index (χ2n) is 6.07. The summed E-state index contributed by atoms with van der Waals surface area (Å²) in [6.45, 7) is 0.280. The molecule has 0 atom stereocenters. The first-order valence-corrected chi connectivity index (χ1v) is 8.96. The average Bonchev–Trinajstić information content (AvgIpc) is 2.96. The van der Waals surface area contributed by atoms with E-state index in [9.17, 15) is 31.1 Å². The molecule has 0 saturated carbocycles. The van der Waals surface area contributed by atoms with Crippen LogP contribution in [-0.2, 0) is 6.18 Å². The molecule has 2 heterocycles. The number of fused-ring (bicyclic) bond motifs is 1. The minimum Gasteiger partial charge on any atom is -0.375 e. The quantitative estimate of drug-likeness (QED) is 0.508. The van der Waals surface area contributed by atoms with Crippen LogP contribution in [0.5, 0.6) is 0 Å². The van der Waals surface area contributed by atoms with Gasteiger partial charge in [-0.05, 0) is 36.8 Å². The summed E-state index contributed by atoms with van der Waals surface area (Å²) in [5.74, 6) is -0.652. The zero-order valence-corrected chi connectivity index (χ0v) is 15.5. The number of thiophene rings is 1. The topological polar surface area (TPSA) is 54.0 Å². The summed E-state index contributed by atoms with van der Waals surface area (Å²) in [5, 5.41) is 5.10. The molecule has 0 unspecified atom stereocenters. The van der Waals surface area contributed by atoms with Gasteiger partial charge < -0.3 is 10.6 Å². The normalized spacial score (nSPS) is 12.2. The Hall–Kier alpha value is -2.82. The molecule has 0 radical (unpaired) electrons. The lowest BCUT2D eigenvalue weighted by molar-refractivity contribution is -0.140. The van der Waals surface area contributed by atoms with Crippen LogP contribution in [0.4, 0.5) is 37.7 Å². The van der Waals surface area contributed by atoms with Crippen LogP contribution >= 0.6 is 11.3 Å². The third kappa shape index (κ3) is 4.78. The van der Waals surface area contributed by atoms with E-state index in [1.807, 2.05) is 0 Å². The van der Waals surface area contributed by atoms with Crippen LogP contribution in [0.3, 0.4) is 0 Å². The third-order valence-electron chi connectivity index (χ3n) is 3.95. The Bertz CT molecular complexity index is 1060. The van der Waals surface area contributed by atoms with Crippen LogP contribution in [0.25, 0.3) is 10.2 Å². The van der Waals surface area contributed by atoms with Gasteiger partial charge in [-0.15, -0.1) is 11.3 Å². The summed E-state index contributed by atoms with van der Waals surface area (Å²) < 4.78 is 75.9. The predicted molar refractivity (Wildman–Crippen MR) is 98.3 cm³/mol. The van der Waals surface area contributed by atoms with Gasteiger partial charge in [0.15, 0.2) is 0 Å². The molecule has 2 aromatic heterocycles. The number of pyridine rings is 1. The highest BCUT2D eigenvalue weighted by atomic mass is 32.1. The maximum Gasteiger partial charge on any atom is 0.433 e. The molecule has 11 heteroatoms. The summed E-state index contributed by atoms with van der Waals surface area (Å²) in [6.07, 6.45) is -9.06. The lowest BCUT2D eigenvalue weighted by Gasteiger charge is -2.14. The summed E-state index contributed by atoms with van der Waals surface area (Å²) in [6, 6.07) is 7.90. The second kappa shape index (κ2) is 7.54. The van der Waals surface area contributed by atoms with Crippen molar-refractivity contribution in [3.8, 4) is 0 Å². The molecule has 0 aliphatic carbocycles. The number of hydrogen-bond acceptors (Lipinski definition) is 4. The first kappa shape index (κ1) is 20.9. The van der Waals surface area contributed by atoms with E-state index >= 15 is 0 Å². The summed E-state index contributed by atoms with van der Waals surface area (Å²) in [7, 11) is 0. The van der Waals surface area contributed by atoms with Crippen molar-refractivity contribution in [1.29, 1.82) is 0 Å². The molecule has 0 aliphatic heterocycles. The highest BCUT2D eigenvalue weighted by molar-refractivity contribution is 7.20. The van der Waals surface area contributed by atoms with Crippen molar-refractivity contribution in [3.63, 3.8) is 0 Å². The number of nitrogens with zero attached hydrogens (tertiary/aromatic N) is 1. The van der Waals surface area contributed by atoms with Crippen LogP contribution in [0.2, 0.25) is 0 Å². The number of aryl methyl sites for hydroxylation is 1. The van der Waals surface area contributed by atoms with Crippen molar-refractivity contribution in [2.45, 2.75) is 19.3 Å². The number of carbonyl (C=O) groups is 1. The Balaban J connectivity index is 1.88. The Morgan fingerprint density at radius 2 is 1.69 bits per heavy atom. The fourth-order valence-electron chi connectivity index (χ4n) is 2.59. The van der Waals surface area contributed by atoms with Crippen molar-refractivity contribution in [2.75, 3.05) is 17.2 Å². The average molecular weight is 433 g/mol. The van der Waals surface area contributed by atoms with Crippen molar-refractivity contribution in [3.05, 3.63) is 52.5 Å². The van der Waals surface area contributed by atoms with Gasteiger partial charge in [-0.3, -0.25) is 4.79 Å². The lowest BCUT2D eigenvalue weighted by Crippen LogP contribution is -2.22. The lowest BCUT2D eigenvalue weighted by atomic mass is 10.1. The SMILES string of the molecule is Cc1c(C(=O)Nc2ccccc2NCC(F)(F)F)sc2nc(C(F)(F)F)ccc12. The van der Waals surface area contributed by atoms with Crippen LogP contribution in [0, 0.1) is 6.92 Å². The number of halogens is 6.